The van der Waals surface area contributed by atoms with Crippen LogP contribution in [0.15, 0.2) is 65.8 Å². The zero-order valence-electron chi connectivity index (χ0n) is 16.2. The highest BCUT2D eigenvalue weighted by Crippen LogP contribution is 2.32. The summed E-state index contributed by atoms with van der Waals surface area (Å²) in [7, 11) is -0.601. The first-order chi connectivity index (χ1) is 14.4. The molecule has 9 nitrogen and oxygen atoms in total. The SMILES string of the molecule is COc1ccc(-c2cc3nccn3c(Nc3ccc(S(N)(=O)=O)cc3)n2)cc1OC. The van der Waals surface area contributed by atoms with Crippen molar-refractivity contribution in [3.8, 4) is 22.8 Å². The van der Waals surface area contributed by atoms with Crippen LogP contribution >= 0.6 is 0 Å². The number of fused-ring (bicyclic) bond motifs is 1. The molecule has 0 aliphatic heterocycles. The molecule has 0 radical (unpaired) electrons. The average Bonchev–Trinajstić information content (AvgIpc) is 3.22. The number of aromatic nitrogens is 3. The van der Waals surface area contributed by atoms with Gasteiger partial charge in [0.1, 0.15) is 5.65 Å². The Morgan fingerprint density at radius 2 is 1.73 bits per heavy atom. The van der Waals surface area contributed by atoms with E-state index >= 15 is 0 Å². The van der Waals surface area contributed by atoms with Gasteiger partial charge in [0.2, 0.25) is 16.0 Å². The molecule has 2 heterocycles. The lowest BCUT2D eigenvalue weighted by Crippen LogP contribution is -2.12. The van der Waals surface area contributed by atoms with Crippen molar-refractivity contribution in [3.63, 3.8) is 0 Å². The summed E-state index contributed by atoms with van der Waals surface area (Å²) in [6.45, 7) is 0. The molecule has 0 bridgehead atoms. The zero-order chi connectivity index (χ0) is 21.3. The van der Waals surface area contributed by atoms with E-state index in [-0.39, 0.29) is 4.90 Å². The van der Waals surface area contributed by atoms with E-state index in [2.05, 4.69) is 10.3 Å². The lowest BCUT2D eigenvalue weighted by atomic mass is 10.1. The second kappa shape index (κ2) is 7.65. The van der Waals surface area contributed by atoms with E-state index in [0.29, 0.717) is 34.5 Å². The maximum absolute atomic E-state index is 11.5. The number of methoxy groups -OCH3 is 2. The van der Waals surface area contributed by atoms with Crippen molar-refractivity contribution in [1.29, 1.82) is 0 Å². The van der Waals surface area contributed by atoms with Crippen molar-refractivity contribution in [2.24, 2.45) is 5.14 Å². The van der Waals surface area contributed by atoms with E-state index in [0.717, 1.165) is 5.56 Å². The van der Waals surface area contributed by atoms with Gasteiger partial charge >= 0.3 is 0 Å². The molecule has 0 saturated carbocycles. The Bertz CT molecular complexity index is 1320. The van der Waals surface area contributed by atoms with Crippen molar-refractivity contribution in [3.05, 3.63) is 60.9 Å². The van der Waals surface area contributed by atoms with Gasteiger partial charge in [-0.1, -0.05) is 0 Å². The van der Waals surface area contributed by atoms with Crippen molar-refractivity contribution >= 4 is 27.3 Å². The zero-order valence-corrected chi connectivity index (χ0v) is 17.1. The average molecular weight is 425 g/mol. The Morgan fingerprint density at radius 3 is 2.40 bits per heavy atom. The third kappa shape index (κ3) is 3.78. The summed E-state index contributed by atoms with van der Waals surface area (Å²) in [6.07, 6.45) is 3.45. The van der Waals surface area contributed by atoms with Crippen molar-refractivity contribution < 1.29 is 17.9 Å². The molecule has 0 aliphatic carbocycles. The maximum Gasteiger partial charge on any atom is 0.238 e. The molecule has 4 aromatic rings. The number of benzene rings is 2. The van der Waals surface area contributed by atoms with Crippen molar-refractivity contribution in [1.82, 2.24) is 14.4 Å². The fourth-order valence-corrected chi connectivity index (χ4v) is 3.53. The highest BCUT2D eigenvalue weighted by molar-refractivity contribution is 7.89. The molecular formula is C20H19N5O4S. The summed E-state index contributed by atoms with van der Waals surface area (Å²) in [4.78, 5) is 9.11. The third-order valence-corrected chi connectivity index (χ3v) is 5.44. The van der Waals surface area contributed by atoms with E-state index in [1.807, 2.05) is 24.3 Å². The van der Waals surface area contributed by atoms with E-state index in [1.165, 1.54) is 12.1 Å². The maximum atomic E-state index is 11.5. The number of primary sulfonamides is 1. The topological polar surface area (TPSA) is 121 Å². The van der Waals surface area contributed by atoms with E-state index in [4.69, 9.17) is 19.6 Å². The molecule has 0 aliphatic rings. The minimum Gasteiger partial charge on any atom is -0.493 e. The Hall–Kier alpha value is -3.63. The summed E-state index contributed by atoms with van der Waals surface area (Å²) < 4.78 is 35.4. The molecule has 0 unspecified atom stereocenters. The van der Waals surface area contributed by atoms with E-state index < -0.39 is 10.0 Å². The largest absolute Gasteiger partial charge is 0.493 e. The molecule has 30 heavy (non-hydrogen) atoms. The van der Waals surface area contributed by atoms with E-state index in [1.54, 1.807) is 43.1 Å². The summed E-state index contributed by atoms with van der Waals surface area (Å²) in [5.41, 5.74) is 2.84. The minimum atomic E-state index is -3.75. The molecule has 0 amide bonds. The molecule has 0 saturated heterocycles. The number of nitrogens with one attached hydrogen (secondary N) is 1. The Labute approximate surface area is 173 Å². The third-order valence-electron chi connectivity index (χ3n) is 4.51. The summed E-state index contributed by atoms with van der Waals surface area (Å²) in [5.74, 6) is 1.72. The van der Waals surface area contributed by atoms with Gasteiger partial charge < -0.3 is 14.8 Å². The Kier molecular flexibility index (Phi) is 5.02. The van der Waals surface area contributed by atoms with Crippen molar-refractivity contribution in [2.75, 3.05) is 19.5 Å². The Balaban J connectivity index is 1.75. The van der Waals surface area contributed by atoms with Crippen LogP contribution in [0.1, 0.15) is 0 Å². The summed E-state index contributed by atoms with van der Waals surface area (Å²) in [6, 6.07) is 13.5. The lowest BCUT2D eigenvalue weighted by Gasteiger charge is -2.12. The number of ether oxygens (including phenoxy) is 2. The van der Waals surface area contributed by atoms with Crippen LogP contribution in [-0.2, 0) is 10.0 Å². The fourth-order valence-electron chi connectivity index (χ4n) is 3.01. The molecule has 0 fully saturated rings. The summed E-state index contributed by atoms with van der Waals surface area (Å²) in [5, 5.41) is 8.35. The first-order valence-corrected chi connectivity index (χ1v) is 10.4. The molecule has 4 rings (SSSR count). The van der Waals surface area contributed by atoms with Gasteiger partial charge in [-0.2, -0.15) is 0 Å². The lowest BCUT2D eigenvalue weighted by molar-refractivity contribution is 0.355. The number of rotatable bonds is 6. The van der Waals surface area contributed by atoms with Gasteiger partial charge in [-0.3, -0.25) is 4.40 Å². The van der Waals surface area contributed by atoms with Gasteiger partial charge in [-0.25, -0.2) is 23.5 Å². The van der Waals surface area contributed by atoms with Crippen LogP contribution in [0, 0.1) is 0 Å². The number of nitrogens with two attached hydrogens (primary N) is 1. The van der Waals surface area contributed by atoms with Gasteiger partial charge in [0.15, 0.2) is 11.5 Å². The normalized spacial score (nSPS) is 11.4. The monoisotopic (exact) mass is 425 g/mol. The fraction of sp³-hybridized carbons (Fsp3) is 0.100. The minimum absolute atomic E-state index is 0.0351. The van der Waals surface area contributed by atoms with Crippen LogP contribution in [0.5, 0.6) is 11.5 Å². The van der Waals surface area contributed by atoms with Crippen LogP contribution < -0.4 is 19.9 Å². The first-order valence-electron chi connectivity index (χ1n) is 8.85. The molecule has 2 aromatic carbocycles. The number of hydrogen-bond acceptors (Lipinski definition) is 7. The first kappa shape index (κ1) is 19.7. The molecule has 2 aromatic heterocycles. The van der Waals surface area contributed by atoms with Crippen LogP contribution in [0.4, 0.5) is 11.6 Å². The highest BCUT2D eigenvalue weighted by atomic mass is 32.2. The second-order valence-corrected chi connectivity index (χ2v) is 7.95. The van der Waals surface area contributed by atoms with Gasteiger partial charge in [-0.15, -0.1) is 0 Å². The second-order valence-electron chi connectivity index (χ2n) is 6.38. The molecule has 154 valence electrons. The summed E-state index contributed by atoms with van der Waals surface area (Å²) >= 11 is 0. The number of hydrogen-bond donors (Lipinski definition) is 2. The number of imidazole rings is 1. The standard InChI is InChI=1S/C20H19N5O4S/c1-28-17-8-3-13(11-18(17)29-2)16-12-19-22-9-10-25(19)20(24-16)23-14-4-6-15(7-5-14)30(21,26)27/h3-12H,1-2H3,(H,23,24)(H2,21,26,27). The number of anilines is 2. The number of sulfonamides is 1. The van der Waals surface area contributed by atoms with Gasteiger partial charge in [-0.05, 0) is 42.5 Å². The van der Waals surface area contributed by atoms with Crippen LogP contribution in [0.25, 0.3) is 16.9 Å². The Morgan fingerprint density at radius 1 is 1.00 bits per heavy atom. The quantitative estimate of drug-likeness (QED) is 0.487. The van der Waals surface area contributed by atoms with Gasteiger partial charge in [0.25, 0.3) is 0 Å². The predicted molar refractivity (Wildman–Crippen MR) is 113 cm³/mol. The van der Waals surface area contributed by atoms with Gasteiger partial charge in [0.05, 0.1) is 24.8 Å². The molecule has 10 heteroatoms. The van der Waals surface area contributed by atoms with Crippen molar-refractivity contribution in [2.45, 2.75) is 4.90 Å². The predicted octanol–water partition coefficient (Wildman–Crippen LogP) is 2.80. The molecule has 3 N–H and O–H groups in total. The number of nitrogens with zero attached hydrogens (tertiary/aromatic N) is 3. The van der Waals surface area contributed by atoms with Crippen LogP contribution in [-0.4, -0.2) is 37.0 Å². The van der Waals surface area contributed by atoms with Crippen LogP contribution in [0.3, 0.4) is 0 Å². The molecular weight excluding hydrogens is 406 g/mol. The van der Waals surface area contributed by atoms with Crippen LogP contribution in [0.2, 0.25) is 0 Å². The molecule has 0 spiro atoms. The van der Waals surface area contributed by atoms with E-state index in [9.17, 15) is 8.42 Å². The highest BCUT2D eigenvalue weighted by Gasteiger charge is 2.12. The molecule has 0 atom stereocenters. The smallest absolute Gasteiger partial charge is 0.238 e. The van der Waals surface area contributed by atoms with Gasteiger partial charge in [0, 0.05) is 29.7 Å².